The quantitative estimate of drug-likeness (QED) is 0.504. The van der Waals surface area contributed by atoms with Gasteiger partial charge in [0.1, 0.15) is 0 Å². The van der Waals surface area contributed by atoms with E-state index in [0.717, 1.165) is 5.06 Å². The van der Waals surface area contributed by atoms with Crippen molar-refractivity contribution in [2.24, 2.45) is 5.73 Å². The number of ether oxygens (including phenoxy) is 1. The van der Waals surface area contributed by atoms with Crippen molar-refractivity contribution >= 4 is 12.0 Å². The summed E-state index contributed by atoms with van der Waals surface area (Å²) in [6.07, 6.45) is -0.338. The van der Waals surface area contributed by atoms with Crippen LogP contribution in [0.1, 0.15) is 6.42 Å². The van der Waals surface area contributed by atoms with Gasteiger partial charge in [0.05, 0.1) is 7.11 Å². The molecule has 0 radical (unpaired) electrons. The third kappa shape index (κ3) is 3.90. The van der Waals surface area contributed by atoms with Crippen LogP contribution in [0.25, 0.3) is 0 Å². The summed E-state index contributed by atoms with van der Waals surface area (Å²) in [5.74, 6) is -0.494. The zero-order valence-corrected chi connectivity index (χ0v) is 8.23. The Kier molecular flexibility index (Phi) is 5.31. The Bertz CT molecular complexity index is 229. The van der Waals surface area contributed by atoms with Crippen LogP contribution in [0.15, 0.2) is 12.7 Å². The van der Waals surface area contributed by atoms with Crippen LogP contribution < -0.4 is 5.73 Å². The van der Waals surface area contributed by atoms with E-state index in [9.17, 15) is 9.59 Å². The van der Waals surface area contributed by atoms with Gasteiger partial charge in [-0.3, -0.25) is 9.63 Å². The maximum atomic E-state index is 11.4. The van der Waals surface area contributed by atoms with Crippen molar-refractivity contribution in [3.63, 3.8) is 0 Å². The van der Waals surface area contributed by atoms with E-state index in [1.807, 2.05) is 0 Å². The first-order valence-corrected chi connectivity index (χ1v) is 3.91. The molecule has 0 saturated carbocycles. The first-order chi connectivity index (χ1) is 6.52. The SMILES string of the molecule is C=CCC(OC(N)=O)C(=O)N(C)OC. The number of hydrogen-bond donors (Lipinski definition) is 1. The molecule has 0 rings (SSSR count). The molecule has 0 heterocycles. The van der Waals surface area contributed by atoms with E-state index >= 15 is 0 Å². The van der Waals surface area contributed by atoms with E-state index < -0.39 is 18.1 Å². The molecule has 0 aromatic rings. The van der Waals surface area contributed by atoms with Crippen molar-refractivity contribution in [1.29, 1.82) is 0 Å². The number of hydrogen-bond acceptors (Lipinski definition) is 4. The molecule has 6 nitrogen and oxygen atoms in total. The lowest BCUT2D eigenvalue weighted by Crippen LogP contribution is -2.39. The molecule has 0 aliphatic rings. The summed E-state index contributed by atoms with van der Waals surface area (Å²) < 4.78 is 4.57. The van der Waals surface area contributed by atoms with Gasteiger partial charge in [0.25, 0.3) is 5.91 Å². The smallest absolute Gasteiger partial charge is 0.405 e. The molecule has 0 aromatic carbocycles. The number of carbonyl (C=O) groups is 2. The second kappa shape index (κ2) is 5.98. The lowest BCUT2D eigenvalue weighted by atomic mass is 10.2. The average molecular weight is 202 g/mol. The molecule has 0 spiro atoms. The number of primary amides is 1. The fourth-order valence-electron chi connectivity index (χ4n) is 0.784. The molecule has 1 atom stereocenters. The van der Waals surface area contributed by atoms with Gasteiger partial charge in [0, 0.05) is 13.5 Å². The van der Waals surface area contributed by atoms with Gasteiger partial charge in [-0.25, -0.2) is 9.86 Å². The minimum Gasteiger partial charge on any atom is -0.436 e. The predicted octanol–water partition coefficient (Wildman–Crippen LogP) is 0.0462. The van der Waals surface area contributed by atoms with Crippen LogP contribution in [0.5, 0.6) is 0 Å². The van der Waals surface area contributed by atoms with E-state index in [0.29, 0.717) is 0 Å². The minimum atomic E-state index is -1.00. The monoisotopic (exact) mass is 202 g/mol. The molecule has 14 heavy (non-hydrogen) atoms. The largest absolute Gasteiger partial charge is 0.436 e. The Morgan fingerprint density at radius 3 is 2.57 bits per heavy atom. The molecule has 0 saturated heterocycles. The first kappa shape index (κ1) is 12.4. The molecule has 6 heteroatoms. The summed E-state index contributed by atoms with van der Waals surface area (Å²) in [5.41, 5.74) is 4.80. The molecule has 1 unspecified atom stereocenters. The van der Waals surface area contributed by atoms with Crippen LogP contribution in [0.4, 0.5) is 4.79 Å². The van der Waals surface area contributed by atoms with Crippen molar-refractivity contribution in [3.05, 3.63) is 12.7 Å². The molecule has 0 aliphatic heterocycles. The van der Waals surface area contributed by atoms with Crippen molar-refractivity contribution in [2.75, 3.05) is 14.2 Å². The molecular formula is C8H14N2O4. The van der Waals surface area contributed by atoms with E-state index in [4.69, 9.17) is 5.73 Å². The fraction of sp³-hybridized carbons (Fsp3) is 0.500. The maximum Gasteiger partial charge on any atom is 0.405 e. The molecule has 0 bridgehead atoms. The number of likely N-dealkylation sites (N-methyl/N-ethyl adjacent to an activating group) is 1. The Hall–Kier alpha value is -1.56. The summed E-state index contributed by atoms with van der Waals surface area (Å²) in [6, 6.07) is 0. The van der Waals surface area contributed by atoms with Gasteiger partial charge in [-0.05, 0) is 0 Å². The Balaban J connectivity index is 4.39. The van der Waals surface area contributed by atoms with Gasteiger partial charge < -0.3 is 10.5 Å². The van der Waals surface area contributed by atoms with Crippen LogP contribution in [-0.2, 0) is 14.4 Å². The summed E-state index contributed by atoms with van der Waals surface area (Å²) >= 11 is 0. The van der Waals surface area contributed by atoms with Crippen LogP contribution in [0.3, 0.4) is 0 Å². The van der Waals surface area contributed by atoms with Crippen LogP contribution >= 0.6 is 0 Å². The third-order valence-electron chi connectivity index (χ3n) is 1.50. The lowest BCUT2D eigenvalue weighted by molar-refractivity contribution is -0.177. The number of nitrogens with zero attached hydrogens (tertiary/aromatic N) is 1. The molecule has 80 valence electrons. The van der Waals surface area contributed by atoms with Crippen molar-refractivity contribution in [2.45, 2.75) is 12.5 Å². The fourth-order valence-corrected chi connectivity index (χ4v) is 0.784. The van der Waals surface area contributed by atoms with E-state index in [2.05, 4.69) is 16.2 Å². The molecule has 0 fully saturated rings. The van der Waals surface area contributed by atoms with E-state index in [1.165, 1.54) is 20.2 Å². The van der Waals surface area contributed by atoms with Crippen molar-refractivity contribution in [3.8, 4) is 0 Å². The average Bonchev–Trinajstić information content (AvgIpc) is 2.14. The summed E-state index contributed by atoms with van der Waals surface area (Å²) in [6.45, 7) is 3.43. The normalized spacial score (nSPS) is 11.6. The Morgan fingerprint density at radius 2 is 2.21 bits per heavy atom. The van der Waals surface area contributed by atoms with Crippen molar-refractivity contribution in [1.82, 2.24) is 5.06 Å². The van der Waals surface area contributed by atoms with Gasteiger partial charge in [-0.15, -0.1) is 6.58 Å². The van der Waals surface area contributed by atoms with Crippen LogP contribution in [0, 0.1) is 0 Å². The Morgan fingerprint density at radius 1 is 1.64 bits per heavy atom. The van der Waals surface area contributed by atoms with Gasteiger partial charge >= 0.3 is 6.09 Å². The van der Waals surface area contributed by atoms with Crippen LogP contribution in [-0.4, -0.2) is 37.3 Å². The van der Waals surface area contributed by atoms with Gasteiger partial charge in [0.2, 0.25) is 0 Å². The molecule has 2 N–H and O–H groups in total. The number of hydroxylamine groups is 2. The number of nitrogens with two attached hydrogens (primary N) is 1. The van der Waals surface area contributed by atoms with Gasteiger partial charge in [-0.2, -0.15) is 0 Å². The topological polar surface area (TPSA) is 81.9 Å². The summed E-state index contributed by atoms with van der Waals surface area (Å²) in [4.78, 5) is 26.5. The van der Waals surface area contributed by atoms with E-state index in [-0.39, 0.29) is 6.42 Å². The Labute approximate surface area is 82.2 Å². The molecule has 0 aliphatic carbocycles. The lowest BCUT2D eigenvalue weighted by Gasteiger charge is -2.19. The highest BCUT2D eigenvalue weighted by atomic mass is 16.7. The van der Waals surface area contributed by atoms with Crippen LogP contribution in [0.2, 0.25) is 0 Å². The number of rotatable bonds is 5. The molecule has 0 aromatic heterocycles. The van der Waals surface area contributed by atoms with E-state index in [1.54, 1.807) is 0 Å². The third-order valence-corrected chi connectivity index (χ3v) is 1.50. The summed E-state index contributed by atoms with van der Waals surface area (Å²) in [7, 11) is 2.73. The molecule has 2 amide bonds. The predicted molar refractivity (Wildman–Crippen MR) is 49.0 cm³/mol. The number of amides is 2. The standard InChI is InChI=1S/C8H14N2O4/c1-4-5-6(14-8(9)12)7(11)10(2)13-3/h4,6H,1,5H2,2-3H3,(H2,9,12). The maximum absolute atomic E-state index is 11.4. The van der Waals surface area contributed by atoms with Gasteiger partial charge in [0.15, 0.2) is 6.10 Å². The number of carbonyl (C=O) groups excluding carboxylic acids is 2. The first-order valence-electron chi connectivity index (χ1n) is 3.91. The second-order valence-electron chi connectivity index (χ2n) is 2.47. The molecular weight excluding hydrogens is 188 g/mol. The van der Waals surface area contributed by atoms with Crippen molar-refractivity contribution < 1.29 is 19.2 Å². The highest BCUT2D eigenvalue weighted by Crippen LogP contribution is 2.03. The van der Waals surface area contributed by atoms with Gasteiger partial charge in [-0.1, -0.05) is 6.08 Å². The highest BCUT2D eigenvalue weighted by molar-refractivity contribution is 5.82. The minimum absolute atomic E-state index is 0.190. The second-order valence-corrected chi connectivity index (χ2v) is 2.47. The zero-order valence-electron chi connectivity index (χ0n) is 8.23. The summed E-state index contributed by atoms with van der Waals surface area (Å²) in [5, 5.41) is 0.955. The zero-order chi connectivity index (χ0) is 11.1. The highest BCUT2D eigenvalue weighted by Gasteiger charge is 2.24.